The number of carbonyl (C=O) groups is 1. The summed E-state index contributed by atoms with van der Waals surface area (Å²) in [6, 6.07) is 16.9. The van der Waals surface area contributed by atoms with Gasteiger partial charge in [0, 0.05) is 24.2 Å². The van der Waals surface area contributed by atoms with Gasteiger partial charge in [0.15, 0.2) is 0 Å². The van der Waals surface area contributed by atoms with E-state index in [0.717, 1.165) is 28.2 Å². The van der Waals surface area contributed by atoms with Gasteiger partial charge in [0.05, 0.1) is 9.77 Å². The Morgan fingerprint density at radius 2 is 1.79 bits per heavy atom. The molecule has 1 amide bonds. The van der Waals surface area contributed by atoms with Crippen molar-refractivity contribution in [3.8, 4) is 0 Å². The van der Waals surface area contributed by atoms with Crippen molar-refractivity contribution in [3.63, 3.8) is 0 Å². The molecule has 1 aliphatic rings. The van der Waals surface area contributed by atoms with Crippen LogP contribution in [0.4, 0.5) is 5.69 Å². The fourth-order valence-corrected chi connectivity index (χ4v) is 5.87. The van der Waals surface area contributed by atoms with E-state index in [1.807, 2.05) is 55.5 Å². The van der Waals surface area contributed by atoms with Crippen molar-refractivity contribution in [2.24, 2.45) is 0 Å². The number of nitrogens with one attached hydrogen (secondary N) is 1. The molecular weight excluding hydrogens is 392 g/mol. The lowest BCUT2D eigenvalue weighted by molar-refractivity contribution is 0.103. The van der Waals surface area contributed by atoms with Gasteiger partial charge in [0.1, 0.15) is 0 Å². The Morgan fingerprint density at radius 3 is 2.57 bits per heavy atom. The average Bonchev–Trinajstić information content (AvgIpc) is 3.20. The molecule has 7 heteroatoms. The summed E-state index contributed by atoms with van der Waals surface area (Å²) in [5, 5.41) is 4.39. The van der Waals surface area contributed by atoms with Gasteiger partial charge < -0.3 is 5.32 Å². The number of rotatable bonds is 4. The van der Waals surface area contributed by atoms with E-state index in [1.54, 1.807) is 5.38 Å². The Bertz CT molecular complexity index is 1140. The summed E-state index contributed by atoms with van der Waals surface area (Å²) < 4.78 is 27.6. The molecule has 0 radical (unpaired) electrons. The minimum absolute atomic E-state index is 0.173. The van der Waals surface area contributed by atoms with Gasteiger partial charge in [0.2, 0.25) is 10.0 Å². The first kappa shape index (κ1) is 18.9. The van der Waals surface area contributed by atoms with E-state index in [9.17, 15) is 13.2 Å². The number of anilines is 1. The van der Waals surface area contributed by atoms with Crippen molar-refractivity contribution in [2.45, 2.75) is 24.8 Å². The van der Waals surface area contributed by atoms with Crippen molar-refractivity contribution < 1.29 is 13.2 Å². The molecule has 28 heavy (non-hydrogen) atoms. The van der Waals surface area contributed by atoms with E-state index in [1.165, 1.54) is 15.9 Å². The highest BCUT2D eigenvalue weighted by Crippen LogP contribution is 2.28. The molecule has 4 rings (SSSR count). The SMILES string of the molecule is Cc1ccccc1NC(=O)c1cc(S(=O)(=O)N2CCc3ccccc3C2)cs1. The molecule has 0 saturated heterocycles. The van der Waals surface area contributed by atoms with E-state index < -0.39 is 10.0 Å². The Kier molecular flexibility index (Phi) is 5.05. The van der Waals surface area contributed by atoms with Crippen molar-refractivity contribution in [1.29, 1.82) is 0 Å². The lowest BCUT2D eigenvalue weighted by Crippen LogP contribution is -2.35. The topological polar surface area (TPSA) is 66.5 Å². The third-order valence-electron chi connectivity index (χ3n) is 4.93. The number of carbonyl (C=O) groups excluding carboxylic acids is 1. The normalized spacial score (nSPS) is 14.5. The number of para-hydroxylation sites is 1. The lowest BCUT2D eigenvalue weighted by Gasteiger charge is -2.27. The maximum atomic E-state index is 13.0. The van der Waals surface area contributed by atoms with Crippen LogP contribution in [0.2, 0.25) is 0 Å². The predicted molar refractivity (Wildman–Crippen MR) is 111 cm³/mol. The first-order chi connectivity index (χ1) is 13.4. The monoisotopic (exact) mass is 412 g/mol. The van der Waals surface area contributed by atoms with Crippen LogP contribution in [0.5, 0.6) is 0 Å². The van der Waals surface area contributed by atoms with Crippen LogP contribution in [0.3, 0.4) is 0 Å². The van der Waals surface area contributed by atoms with Crippen LogP contribution in [0.1, 0.15) is 26.4 Å². The molecule has 0 fully saturated rings. The Balaban J connectivity index is 1.53. The highest BCUT2D eigenvalue weighted by molar-refractivity contribution is 7.89. The van der Waals surface area contributed by atoms with Gasteiger partial charge >= 0.3 is 0 Å². The Hall–Kier alpha value is -2.48. The lowest BCUT2D eigenvalue weighted by atomic mass is 10.0. The largest absolute Gasteiger partial charge is 0.321 e. The average molecular weight is 413 g/mol. The number of thiophene rings is 1. The van der Waals surface area contributed by atoms with Crippen molar-refractivity contribution in [2.75, 3.05) is 11.9 Å². The summed E-state index contributed by atoms with van der Waals surface area (Å²) in [5.74, 6) is -0.301. The van der Waals surface area contributed by atoms with Crippen LogP contribution in [0.25, 0.3) is 0 Å². The van der Waals surface area contributed by atoms with Crippen LogP contribution in [0.15, 0.2) is 64.9 Å². The summed E-state index contributed by atoms with van der Waals surface area (Å²) >= 11 is 1.14. The molecule has 0 atom stereocenters. The molecule has 0 unspecified atom stereocenters. The Labute approximate surface area is 168 Å². The third kappa shape index (κ3) is 3.61. The molecule has 1 aliphatic heterocycles. The van der Waals surface area contributed by atoms with Gasteiger partial charge in [-0.2, -0.15) is 4.31 Å². The van der Waals surface area contributed by atoms with Gasteiger partial charge in [0.25, 0.3) is 5.91 Å². The quantitative estimate of drug-likeness (QED) is 0.703. The van der Waals surface area contributed by atoms with E-state index >= 15 is 0 Å². The molecule has 0 spiro atoms. The number of sulfonamides is 1. The zero-order chi connectivity index (χ0) is 19.7. The van der Waals surface area contributed by atoms with Crippen molar-refractivity contribution in [1.82, 2.24) is 4.31 Å². The minimum Gasteiger partial charge on any atom is -0.321 e. The molecule has 5 nitrogen and oxygen atoms in total. The van der Waals surface area contributed by atoms with E-state index in [2.05, 4.69) is 5.32 Å². The maximum Gasteiger partial charge on any atom is 0.265 e. The number of fused-ring (bicyclic) bond motifs is 1. The molecule has 0 aliphatic carbocycles. The van der Waals surface area contributed by atoms with E-state index in [4.69, 9.17) is 0 Å². The van der Waals surface area contributed by atoms with Gasteiger partial charge in [-0.05, 0) is 42.2 Å². The Morgan fingerprint density at radius 1 is 1.07 bits per heavy atom. The number of nitrogens with zero attached hydrogens (tertiary/aromatic N) is 1. The maximum absolute atomic E-state index is 13.0. The van der Waals surface area contributed by atoms with E-state index in [-0.39, 0.29) is 10.8 Å². The summed E-state index contributed by atoms with van der Waals surface area (Å²) in [4.78, 5) is 13.1. The number of benzene rings is 2. The predicted octanol–water partition coefficient (Wildman–Crippen LogP) is 4.06. The van der Waals surface area contributed by atoms with Crippen LogP contribution in [0, 0.1) is 6.92 Å². The van der Waals surface area contributed by atoms with Crippen LogP contribution in [-0.2, 0) is 23.0 Å². The highest BCUT2D eigenvalue weighted by Gasteiger charge is 2.29. The van der Waals surface area contributed by atoms with E-state index in [0.29, 0.717) is 24.4 Å². The molecular formula is C21H20N2O3S2. The number of aryl methyl sites for hydroxylation is 1. The fourth-order valence-electron chi connectivity index (χ4n) is 3.29. The first-order valence-electron chi connectivity index (χ1n) is 8.97. The minimum atomic E-state index is -3.63. The van der Waals surface area contributed by atoms with Gasteiger partial charge in [-0.25, -0.2) is 8.42 Å². The standard InChI is InChI=1S/C21H20N2O3S2/c1-15-6-2-5-9-19(15)22-21(24)20-12-18(14-27-20)28(25,26)23-11-10-16-7-3-4-8-17(16)13-23/h2-9,12,14H,10-11,13H2,1H3,(H,22,24). The molecule has 2 heterocycles. The van der Waals surface area contributed by atoms with Crippen LogP contribution < -0.4 is 5.32 Å². The molecule has 1 aromatic heterocycles. The number of hydrogen-bond donors (Lipinski definition) is 1. The summed E-state index contributed by atoms with van der Waals surface area (Å²) in [7, 11) is -3.63. The summed E-state index contributed by atoms with van der Waals surface area (Å²) in [6.07, 6.45) is 0.695. The second kappa shape index (κ2) is 7.50. The molecule has 3 aromatic rings. The van der Waals surface area contributed by atoms with Gasteiger partial charge in [-0.1, -0.05) is 42.5 Å². The summed E-state index contributed by atoms with van der Waals surface area (Å²) in [6.45, 7) is 2.72. The van der Waals surface area contributed by atoms with Gasteiger partial charge in [-0.15, -0.1) is 11.3 Å². The van der Waals surface area contributed by atoms with Crippen molar-refractivity contribution in [3.05, 3.63) is 81.5 Å². The number of amides is 1. The molecule has 0 saturated carbocycles. The van der Waals surface area contributed by atoms with Crippen molar-refractivity contribution >= 4 is 33.0 Å². The third-order valence-corrected chi connectivity index (χ3v) is 7.83. The zero-order valence-corrected chi connectivity index (χ0v) is 17.0. The second-order valence-corrected chi connectivity index (χ2v) is 9.62. The molecule has 1 N–H and O–H groups in total. The second-order valence-electron chi connectivity index (χ2n) is 6.77. The van der Waals surface area contributed by atoms with Gasteiger partial charge in [-0.3, -0.25) is 4.79 Å². The molecule has 144 valence electrons. The zero-order valence-electron chi connectivity index (χ0n) is 15.4. The molecule has 0 bridgehead atoms. The first-order valence-corrected chi connectivity index (χ1v) is 11.3. The molecule has 2 aromatic carbocycles. The van der Waals surface area contributed by atoms with Crippen LogP contribution in [-0.4, -0.2) is 25.2 Å². The number of hydrogen-bond acceptors (Lipinski definition) is 4. The highest BCUT2D eigenvalue weighted by atomic mass is 32.2. The smallest absolute Gasteiger partial charge is 0.265 e. The van der Waals surface area contributed by atoms with Crippen LogP contribution >= 0.6 is 11.3 Å². The fraction of sp³-hybridized carbons (Fsp3) is 0.190. The summed E-state index contributed by atoms with van der Waals surface area (Å²) in [5.41, 5.74) is 3.90.